The maximum Gasteiger partial charge on any atom is 0.241 e. The molecule has 0 aromatic carbocycles. The Hall–Kier alpha value is -0.226. The van der Waals surface area contributed by atoms with Gasteiger partial charge in [0.1, 0.15) is 11.5 Å². The third-order valence-corrected chi connectivity index (χ3v) is 6.90. The summed E-state index contributed by atoms with van der Waals surface area (Å²) in [5.41, 5.74) is 0. The standard InChI is InChI=1S/C26H56O2Si2/c1-9-11-13-15-17-19-21-23-25(27-29(3,4)5)26(28-30(6,7)8)24-22-20-18-16-14-12-10-2/h9-24H2,1-8H3/b26-25+. The first-order valence-corrected chi connectivity index (χ1v) is 20.0. The van der Waals surface area contributed by atoms with Gasteiger partial charge >= 0.3 is 0 Å². The van der Waals surface area contributed by atoms with E-state index in [0.717, 1.165) is 12.8 Å². The van der Waals surface area contributed by atoms with Crippen LogP contribution in [0.3, 0.4) is 0 Å². The van der Waals surface area contributed by atoms with E-state index in [9.17, 15) is 0 Å². The van der Waals surface area contributed by atoms with Crippen molar-refractivity contribution in [2.24, 2.45) is 0 Å². The summed E-state index contributed by atoms with van der Waals surface area (Å²) in [6.07, 6.45) is 21.0. The fourth-order valence-corrected chi connectivity index (χ4v) is 5.63. The van der Waals surface area contributed by atoms with Crippen molar-refractivity contribution < 1.29 is 8.85 Å². The highest BCUT2D eigenvalue weighted by Gasteiger charge is 2.24. The van der Waals surface area contributed by atoms with Crippen LogP contribution in [0.1, 0.15) is 117 Å². The average molecular weight is 457 g/mol. The molecule has 0 unspecified atom stereocenters. The molecule has 0 aliphatic heterocycles. The van der Waals surface area contributed by atoms with Crippen LogP contribution in [0.4, 0.5) is 0 Å². The van der Waals surface area contributed by atoms with Crippen LogP contribution in [0, 0.1) is 0 Å². The number of unbranched alkanes of at least 4 members (excludes halogenated alkanes) is 12. The summed E-state index contributed by atoms with van der Waals surface area (Å²) >= 11 is 0. The summed E-state index contributed by atoms with van der Waals surface area (Å²) in [4.78, 5) is 0. The molecule has 0 N–H and O–H groups in total. The minimum absolute atomic E-state index is 1.06. The molecule has 180 valence electrons. The number of allylic oxidation sites excluding steroid dienone is 2. The molecule has 0 aliphatic rings. The van der Waals surface area contributed by atoms with Crippen LogP contribution in [0.2, 0.25) is 39.3 Å². The molecule has 0 heterocycles. The topological polar surface area (TPSA) is 18.5 Å². The zero-order chi connectivity index (χ0) is 22.9. The molecular weight excluding hydrogens is 400 g/mol. The van der Waals surface area contributed by atoms with E-state index in [1.807, 2.05) is 0 Å². The zero-order valence-corrected chi connectivity index (χ0v) is 24.1. The third-order valence-electron chi connectivity index (χ3n) is 5.18. The van der Waals surface area contributed by atoms with Crippen LogP contribution in [0.5, 0.6) is 0 Å². The molecule has 0 radical (unpaired) electrons. The highest BCUT2D eigenvalue weighted by atomic mass is 28.4. The van der Waals surface area contributed by atoms with E-state index >= 15 is 0 Å². The van der Waals surface area contributed by atoms with E-state index in [4.69, 9.17) is 8.85 Å². The van der Waals surface area contributed by atoms with Gasteiger partial charge in [0.25, 0.3) is 0 Å². The second-order valence-electron chi connectivity index (χ2n) is 11.0. The number of rotatable bonds is 20. The predicted octanol–water partition coefficient (Wildman–Crippen LogP) is 10.2. The Labute approximate surface area is 192 Å². The van der Waals surface area contributed by atoms with Crippen LogP contribution in [-0.4, -0.2) is 16.6 Å². The molecule has 0 bridgehead atoms. The van der Waals surface area contributed by atoms with Crippen molar-refractivity contribution in [3.8, 4) is 0 Å². The van der Waals surface area contributed by atoms with Crippen molar-refractivity contribution >= 4 is 16.6 Å². The first-order chi connectivity index (χ1) is 14.1. The van der Waals surface area contributed by atoms with Crippen molar-refractivity contribution in [2.45, 2.75) is 156 Å². The normalized spacial score (nSPS) is 13.3. The van der Waals surface area contributed by atoms with Gasteiger partial charge in [-0.15, -0.1) is 0 Å². The molecule has 0 amide bonds. The van der Waals surface area contributed by atoms with Crippen molar-refractivity contribution in [2.75, 3.05) is 0 Å². The Morgan fingerprint density at radius 2 is 0.700 bits per heavy atom. The van der Waals surface area contributed by atoms with E-state index < -0.39 is 16.6 Å². The molecular formula is C26H56O2Si2. The summed E-state index contributed by atoms with van der Waals surface area (Å²) in [6, 6.07) is 0. The van der Waals surface area contributed by atoms with Gasteiger partial charge in [-0.1, -0.05) is 90.9 Å². The minimum atomic E-state index is -1.64. The number of hydrogen-bond donors (Lipinski definition) is 0. The molecule has 0 fully saturated rings. The van der Waals surface area contributed by atoms with Crippen LogP contribution >= 0.6 is 0 Å². The molecule has 4 heteroatoms. The molecule has 0 rings (SSSR count). The Morgan fingerprint density at radius 1 is 0.433 bits per heavy atom. The Morgan fingerprint density at radius 3 is 0.967 bits per heavy atom. The molecule has 2 nitrogen and oxygen atoms in total. The second kappa shape index (κ2) is 17.3. The highest BCUT2D eigenvalue weighted by molar-refractivity contribution is 6.70. The zero-order valence-electron chi connectivity index (χ0n) is 22.1. The minimum Gasteiger partial charge on any atom is -0.545 e. The van der Waals surface area contributed by atoms with Gasteiger partial charge in [0.15, 0.2) is 0 Å². The molecule has 30 heavy (non-hydrogen) atoms. The second-order valence-corrected chi connectivity index (χ2v) is 19.9. The number of hydrogen-bond acceptors (Lipinski definition) is 2. The van der Waals surface area contributed by atoms with Gasteiger partial charge in [0, 0.05) is 12.8 Å². The summed E-state index contributed by atoms with van der Waals surface area (Å²) < 4.78 is 13.2. The van der Waals surface area contributed by atoms with Crippen LogP contribution in [0.25, 0.3) is 0 Å². The fraction of sp³-hybridized carbons (Fsp3) is 0.923. The van der Waals surface area contributed by atoms with E-state index in [2.05, 4.69) is 53.1 Å². The van der Waals surface area contributed by atoms with Gasteiger partial charge in [-0.3, -0.25) is 0 Å². The smallest absolute Gasteiger partial charge is 0.241 e. The van der Waals surface area contributed by atoms with E-state index in [1.165, 1.54) is 101 Å². The molecule has 0 saturated heterocycles. The van der Waals surface area contributed by atoms with Crippen molar-refractivity contribution in [1.29, 1.82) is 0 Å². The summed E-state index contributed by atoms with van der Waals surface area (Å²) in [5.74, 6) is 2.41. The largest absolute Gasteiger partial charge is 0.545 e. The molecule has 0 aromatic rings. The maximum atomic E-state index is 6.62. The fourth-order valence-electron chi connectivity index (χ4n) is 3.72. The molecule has 0 aliphatic carbocycles. The predicted molar refractivity (Wildman–Crippen MR) is 141 cm³/mol. The molecule has 0 spiro atoms. The Bertz CT molecular complexity index is 393. The summed E-state index contributed by atoms with van der Waals surface area (Å²) in [7, 11) is -3.27. The van der Waals surface area contributed by atoms with Crippen LogP contribution in [-0.2, 0) is 8.85 Å². The lowest BCUT2D eigenvalue weighted by atomic mass is 10.1. The van der Waals surface area contributed by atoms with Crippen molar-refractivity contribution in [3.05, 3.63) is 11.5 Å². The monoisotopic (exact) mass is 456 g/mol. The van der Waals surface area contributed by atoms with E-state index in [0.29, 0.717) is 0 Å². The third kappa shape index (κ3) is 19.7. The van der Waals surface area contributed by atoms with Gasteiger partial charge in [-0.05, 0) is 52.1 Å². The van der Waals surface area contributed by atoms with Crippen LogP contribution < -0.4 is 0 Å². The molecule has 0 atom stereocenters. The van der Waals surface area contributed by atoms with E-state index in [-0.39, 0.29) is 0 Å². The Kier molecular flexibility index (Phi) is 17.2. The first kappa shape index (κ1) is 29.8. The van der Waals surface area contributed by atoms with Crippen LogP contribution in [0.15, 0.2) is 11.5 Å². The van der Waals surface area contributed by atoms with Gasteiger partial charge in [-0.2, -0.15) is 0 Å². The van der Waals surface area contributed by atoms with Gasteiger partial charge in [0.2, 0.25) is 16.6 Å². The first-order valence-electron chi connectivity index (χ1n) is 13.2. The molecule has 0 aromatic heterocycles. The SMILES string of the molecule is CCCCCCCCC/C(O[Si](C)(C)C)=C(/CCCCCCCCC)O[Si](C)(C)C. The lowest BCUT2D eigenvalue weighted by molar-refractivity contribution is 0.308. The lowest BCUT2D eigenvalue weighted by Crippen LogP contribution is -2.29. The maximum absolute atomic E-state index is 6.62. The van der Waals surface area contributed by atoms with E-state index in [1.54, 1.807) is 0 Å². The summed E-state index contributed by atoms with van der Waals surface area (Å²) in [5, 5.41) is 0. The quantitative estimate of drug-likeness (QED) is 0.103. The average Bonchev–Trinajstić information content (AvgIpc) is 2.62. The van der Waals surface area contributed by atoms with Gasteiger partial charge < -0.3 is 8.85 Å². The highest BCUT2D eigenvalue weighted by Crippen LogP contribution is 2.27. The van der Waals surface area contributed by atoms with Gasteiger partial charge in [0.05, 0.1) is 0 Å². The summed E-state index contributed by atoms with van der Waals surface area (Å²) in [6.45, 7) is 18.4. The van der Waals surface area contributed by atoms with Crippen molar-refractivity contribution in [3.63, 3.8) is 0 Å². The van der Waals surface area contributed by atoms with Gasteiger partial charge in [-0.25, -0.2) is 0 Å². The molecule has 0 saturated carbocycles. The van der Waals surface area contributed by atoms with Crippen molar-refractivity contribution in [1.82, 2.24) is 0 Å². The Balaban J connectivity index is 4.87. The lowest BCUT2D eigenvalue weighted by Gasteiger charge is -2.29.